The largest absolute Gasteiger partial charge is 0.396 e. The van der Waals surface area contributed by atoms with Crippen LogP contribution in [0.1, 0.15) is 43.5 Å². The summed E-state index contributed by atoms with van der Waals surface area (Å²) in [6.45, 7) is 5.80. The van der Waals surface area contributed by atoms with Crippen molar-refractivity contribution < 1.29 is 9.90 Å². The third-order valence-electron chi connectivity index (χ3n) is 3.05. The molecule has 0 saturated heterocycles. The summed E-state index contributed by atoms with van der Waals surface area (Å²) in [5.41, 5.74) is 1.41. The monoisotopic (exact) mass is 312 g/mol. The van der Waals surface area contributed by atoms with Crippen LogP contribution >= 0.6 is 11.6 Å². The molecule has 0 bridgehead atoms. The first-order valence-electron chi connectivity index (χ1n) is 7.47. The molecule has 0 heterocycles. The average Bonchev–Trinajstić information content (AvgIpc) is 2.44. The average molecular weight is 313 g/mol. The highest BCUT2D eigenvalue weighted by Gasteiger charge is 2.10. The lowest BCUT2D eigenvalue weighted by Gasteiger charge is -2.11. The van der Waals surface area contributed by atoms with E-state index in [2.05, 4.69) is 10.6 Å². The number of anilines is 1. The zero-order valence-electron chi connectivity index (χ0n) is 12.8. The number of benzene rings is 1. The molecule has 0 aliphatic carbocycles. The number of halogens is 1. The first-order chi connectivity index (χ1) is 10.0. The van der Waals surface area contributed by atoms with Crippen molar-refractivity contribution in [2.75, 3.05) is 25.0 Å². The van der Waals surface area contributed by atoms with Gasteiger partial charge >= 0.3 is 0 Å². The highest BCUT2D eigenvalue weighted by atomic mass is 35.5. The topological polar surface area (TPSA) is 61.4 Å². The molecule has 0 aliphatic heterocycles. The summed E-state index contributed by atoms with van der Waals surface area (Å²) in [5, 5.41) is 15.3. The summed E-state index contributed by atoms with van der Waals surface area (Å²) < 4.78 is 0. The smallest absolute Gasteiger partial charge is 0.252 e. The highest BCUT2D eigenvalue weighted by molar-refractivity contribution is 6.34. The number of carbonyl (C=O) groups is 1. The van der Waals surface area contributed by atoms with Crippen molar-refractivity contribution in [1.29, 1.82) is 0 Å². The summed E-state index contributed by atoms with van der Waals surface area (Å²) in [5.74, 6) is 0.274. The van der Waals surface area contributed by atoms with Gasteiger partial charge in [-0.1, -0.05) is 25.4 Å². The second kappa shape index (κ2) is 9.64. The van der Waals surface area contributed by atoms with E-state index in [-0.39, 0.29) is 12.5 Å². The van der Waals surface area contributed by atoms with Gasteiger partial charge in [-0.05, 0) is 43.4 Å². The SMILES string of the molecule is CC(C)CNC(=O)c1ccc(NCCCCCO)cc1Cl. The van der Waals surface area contributed by atoms with Crippen molar-refractivity contribution >= 4 is 23.2 Å². The molecule has 4 nitrogen and oxygen atoms in total. The third-order valence-corrected chi connectivity index (χ3v) is 3.36. The van der Waals surface area contributed by atoms with E-state index in [4.69, 9.17) is 16.7 Å². The molecular formula is C16H25ClN2O2. The summed E-state index contributed by atoms with van der Waals surface area (Å²) in [4.78, 5) is 12.0. The molecule has 0 unspecified atom stereocenters. The lowest BCUT2D eigenvalue weighted by molar-refractivity contribution is 0.0949. The predicted molar refractivity (Wildman–Crippen MR) is 88.0 cm³/mol. The fourth-order valence-corrected chi connectivity index (χ4v) is 2.11. The number of amides is 1. The van der Waals surface area contributed by atoms with E-state index in [1.54, 1.807) is 12.1 Å². The van der Waals surface area contributed by atoms with Crippen molar-refractivity contribution in [3.8, 4) is 0 Å². The molecule has 5 heteroatoms. The van der Waals surface area contributed by atoms with Gasteiger partial charge in [0.1, 0.15) is 0 Å². The van der Waals surface area contributed by atoms with E-state index >= 15 is 0 Å². The van der Waals surface area contributed by atoms with Crippen LogP contribution < -0.4 is 10.6 Å². The van der Waals surface area contributed by atoms with Crippen molar-refractivity contribution in [2.45, 2.75) is 33.1 Å². The lowest BCUT2D eigenvalue weighted by Crippen LogP contribution is -2.27. The molecule has 0 aromatic heterocycles. The Labute approximate surface area is 131 Å². The first-order valence-corrected chi connectivity index (χ1v) is 7.85. The number of carbonyl (C=O) groups excluding carboxylic acids is 1. The number of aliphatic hydroxyl groups is 1. The Bertz CT molecular complexity index is 450. The molecule has 0 fully saturated rings. The van der Waals surface area contributed by atoms with Crippen molar-refractivity contribution in [2.24, 2.45) is 5.92 Å². The number of unbranched alkanes of at least 4 members (excludes halogenated alkanes) is 2. The van der Waals surface area contributed by atoms with Crippen molar-refractivity contribution in [3.05, 3.63) is 28.8 Å². The predicted octanol–water partition coefficient (Wildman–Crippen LogP) is 3.30. The number of aliphatic hydroxyl groups excluding tert-OH is 1. The van der Waals surface area contributed by atoms with Crippen LogP contribution in [-0.2, 0) is 0 Å². The fourth-order valence-electron chi connectivity index (χ4n) is 1.85. The maximum atomic E-state index is 12.0. The van der Waals surface area contributed by atoms with Crippen molar-refractivity contribution in [1.82, 2.24) is 5.32 Å². The zero-order chi connectivity index (χ0) is 15.7. The van der Waals surface area contributed by atoms with Gasteiger partial charge in [0.15, 0.2) is 0 Å². The summed E-state index contributed by atoms with van der Waals surface area (Å²) in [7, 11) is 0. The minimum Gasteiger partial charge on any atom is -0.396 e. The second-order valence-corrected chi connectivity index (χ2v) is 5.92. The van der Waals surface area contributed by atoms with Gasteiger partial charge in [0, 0.05) is 25.4 Å². The maximum Gasteiger partial charge on any atom is 0.252 e. The van der Waals surface area contributed by atoms with Crippen LogP contribution in [0, 0.1) is 5.92 Å². The van der Waals surface area contributed by atoms with E-state index in [0.29, 0.717) is 23.0 Å². The Balaban J connectivity index is 2.49. The quantitative estimate of drug-likeness (QED) is 0.613. The van der Waals surface area contributed by atoms with E-state index in [0.717, 1.165) is 31.5 Å². The Morgan fingerprint density at radius 2 is 2.05 bits per heavy atom. The Morgan fingerprint density at radius 1 is 1.29 bits per heavy atom. The van der Waals surface area contributed by atoms with E-state index in [1.165, 1.54) is 0 Å². The van der Waals surface area contributed by atoms with Crippen LogP contribution in [0.25, 0.3) is 0 Å². The Kier molecular flexibility index (Phi) is 8.16. The van der Waals surface area contributed by atoms with Gasteiger partial charge in [0.05, 0.1) is 10.6 Å². The number of nitrogens with one attached hydrogen (secondary N) is 2. The number of hydrogen-bond acceptors (Lipinski definition) is 3. The van der Waals surface area contributed by atoms with Crippen LogP contribution in [0.15, 0.2) is 18.2 Å². The summed E-state index contributed by atoms with van der Waals surface area (Å²) >= 11 is 6.17. The lowest BCUT2D eigenvalue weighted by atomic mass is 10.1. The highest BCUT2D eigenvalue weighted by Crippen LogP contribution is 2.21. The standard InChI is InChI=1S/C16H25ClN2O2/c1-12(2)11-19-16(21)14-7-6-13(10-15(14)17)18-8-4-3-5-9-20/h6-7,10,12,18,20H,3-5,8-9,11H2,1-2H3,(H,19,21). The third kappa shape index (κ3) is 6.82. The molecule has 1 aromatic carbocycles. The molecule has 0 atom stereocenters. The fraction of sp³-hybridized carbons (Fsp3) is 0.562. The van der Waals surface area contributed by atoms with Gasteiger partial charge in [0.2, 0.25) is 0 Å². The number of hydrogen-bond donors (Lipinski definition) is 3. The minimum absolute atomic E-state index is 0.136. The van der Waals surface area contributed by atoms with E-state index < -0.39 is 0 Å². The van der Waals surface area contributed by atoms with Crippen LogP contribution in [0.2, 0.25) is 5.02 Å². The van der Waals surface area contributed by atoms with Gasteiger partial charge in [-0.25, -0.2) is 0 Å². The Morgan fingerprint density at radius 3 is 2.67 bits per heavy atom. The zero-order valence-corrected chi connectivity index (χ0v) is 13.5. The molecule has 21 heavy (non-hydrogen) atoms. The van der Waals surface area contributed by atoms with Gasteiger partial charge in [-0.15, -0.1) is 0 Å². The molecule has 0 aliphatic rings. The van der Waals surface area contributed by atoms with Crippen LogP contribution in [0.4, 0.5) is 5.69 Å². The van der Waals surface area contributed by atoms with Gasteiger partial charge in [-0.3, -0.25) is 4.79 Å². The molecule has 118 valence electrons. The van der Waals surface area contributed by atoms with Gasteiger partial charge in [-0.2, -0.15) is 0 Å². The molecular weight excluding hydrogens is 288 g/mol. The minimum atomic E-state index is -0.136. The van der Waals surface area contributed by atoms with Crippen LogP contribution in [-0.4, -0.2) is 30.7 Å². The van der Waals surface area contributed by atoms with Crippen molar-refractivity contribution in [3.63, 3.8) is 0 Å². The normalized spacial score (nSPS) is 10.7. The van der Waals surface area contributed by atoms with Crippen LogP contribution in [0.3, 0.4) is 0 Å². The molecule has 1 aromatic rings. The molecule has 1 rings (SSSR count). The van der Waals surface area contributed by atoms with Crippen LogP contribution in [0.5, 0.6) is 0 Å². The van der Waals surface area contributed by atoms with Gasteiger partial charge < -0.3 is 15.7 Å². The molecule has 1 amide bonds. The first kappa shape index (κ1) is 17.8. The second-order valence-electron chi connectivity index (χ2n) is 5.51. The van der Waals surface area contributed by atoms with E-state index in [9.17, 15) is 4.79 Å². The molecule has 3 N–H and O–H groups in total. The van der Waals surface area contributed by atoms with E-state index in [1.807, 2.05) is 19.9 Å². The summed E-state index contributed by atoms with van der Waals surface area (Å²) in [6, 6.07) is 5.38. The van der Waals surface area contributed by atoms with Gasteiger partial charge in [0.25, 0.3) is 5.91 Å². The molecule has 0 radical (unpaired) electrons. The Hall–Kier alpha value is -1.26. The molecule has 0 saturated carbocycles. The molecule has 0 spiro atoms. The number of rotatable bonds is 9. The maximum absolute atomic E-state index is 12.0. The summed E-state index contributed by atoms with van der Waals surface area (Å²) in [6.07, 6.45) is 2.82.